The van der Waals surface area contributed by atoms with Gasteiger partial charge in [0, 0.05) is 32.0 Å². The van der Waals surface area contributed by atoms with Crippen LogP contribution in [-0.4, -0.2) is 54.4 Å². The maximum absolute atomic E-state index is 14.5. The minimum absolute atomic E-state index is 0.0489. The molecule has 2 heterocycles. The third kappa shape index (κ3) is 4.40. The smallest absolute Gasteiger partial charge is 0.263 e. The van der Waals surface area contributed by atoms with Crippen molar-refractivity contribution in [2.24, 2.45) is 23.2 Å². The molecule has 0 aromatic rings. The lowest BCUT2D eigenvalue weighted by Crippen LogP contribution is -2.54. The monoisotopic (exact) mass is 370 g/mol. The highest BCUT2D eigenvalue weighted by Crippen LogP contribution is 2.53. The molecule has 2 saturated heterocycles. The van der Waals surface area contributed by atoms with Crippen LogP contribution in [0.5, 0.6) is 0 Å². The summed E-state index contributed by atoms with van der Waals surface area (Å²) in [4.78, 5) is 15.8. The average Bonchev–Trinajstić information content (AvgIpc) is 2.55. The van der Waals surface area contributed by atoms with Gasteiger partial charge in [0.15, 0.2) is 0 Å². The number of hydrogen-bond donors (Lipinski definition) is 0. The second-order valence-corrected chi connectivity index (χ2v) is 9.62. The van der Waals surface area contributed by atoms with Gasteiger partial charge in [-0.2, -0.15) is 0 Å². The minimum Gasteiger partial charge on any atom is -0.343 e. The number of nitrogens with zero attached hydrogens (tertiary/aromatic N) is 2. The molecule has 0 aromatic heterocycles. The van der Waals surface area contributed by atoms with Gasteiger partial charge in [-0.3, -0.25) is 9.69 Å². The van der Waals surface area contributed by atoms with Crippen LogP contribution < -0.4 is 0 Å². The summed E-state index contributed by atoms with van der Waals surface area (Å²) in [6.07, 6.45) is 6.40. The van der Waals surface area contributed by atoms with Gasteiger partial charge < -0.3 is 4.90 Å². The molecule has 0 N–H and O–H groups in total. The van der Waals surface area contributed by atoms with E-state index in [4.69, 9.17) is 0 Å². The summed E-state index contributed by atoms with van der Waals surface area (Å²) in [5.41, 5.74) is 0.396. The van der Waals surface area contributed by atoms with Crippen molar-refractivity contribution in [3.8, 4) is 0 Å². The molecule has 5 heteroatoms. The molecular weight excluding hydrogens is 334 g/mol. The van der Waals surface area contributed by atoms with Gasteiger partial charge in [0.05, 0.1) is 6.54 Å². The van der Waals surface area contributed by atoms with Crippen molar-refractivity contribution in [3.05, 3.63) is 0 Å². The zero-order chi connectivity index (χ0) is 18.9. The standard InChI is InChI=1S/C21H36F2N2O/c1-4-19(26)25-9-6-20(7-10-25)12-17(13-20)14-24-8-5-18(11-16(2)3)21(22,23)15-24/h16-18H,4-15H2,1-3H3. The molecule has 3 rings (SSSR count). The number of amides is 1. The number of alkyl halides is 2. The van der Waals surface area contributed by atoms with Crippen LogP contribution >= 0.6 is 0 Å². The van der Waals surface area contributed by atoms with Crippen molar-refractivity contribution in [1.82, 2.24) is 9.80 Å². The van der Waals surface area contributed by atoms with E-state index >= 15 is 0 Å². The molecule has 1 aliphatic carbocycles. The molecule has 0 bridgehead atoms. The Morgan fingerprint density at radius 2 is 1.81 bits per heavy atom. The number of hydrogen-bond acceptors (Lipinski definition) is 2. The van der Waals surface area contributed by atoms with E-state index in [-0.39, 0.29) is 12.5 Å². The van der Waals surface area contributed by atoms with E-state index < -0.39 is 11.8 Å². The quantitative estimate of drug-likeness (QED) is 0.715. The summed E-state index contributed by atoms with van der Waals surface area (Å²) < 4.78 is 28.9. The summed E-state index contributed by atoms with van der Waals surface area (Å²) in [6.45, 7) is 9.39. The number of carbonyl (C=O) groups excluding carboxylic acids is 1. The second kappa shape index (κ2) is 7.73. The van der Waals surface area contributed by atoms with Gasteiger partial charge in [-0.1, -0.05) is 20.8 Å². The van der Waals surface area contributed by atoms with Crippen LogP contribution in [0.4, 0.5) is 8.78 Å². The molecule has 1 unspecified atom stereocenters. The Labute approximate surface area is 157 Å². The van der Waals surface area contributed by atoms with Crippen molar-refractivity contribution in [2.45, 2.75) is 71.6 Å². The van der Waals surface area contributed by atoms with Gasteiger partial charge in [-0.25, -0.2) is 8.78 Å². The molecule has 0 radical (unpaired) electrons. The highest BCUT2D eigenvalue weighted by molar-refractivity contribution is 5.75. The second-order valence-electron chi connectivity index (χ2n) is 9.62. The van der Waals surface area contributed by atoms with Crippen LogP contribution in [0.15, 0.2) is 0 Å². The van der Waals surface area contributed by atoms with Crippen molar-refractivity contribution >= 4 is 5.91 Å². The zero-order valence-electron chi connectivity index (χ0n) is 16.8. The van der Waals surface area contributed by atoms with Crippen LogP contribution in [-0.2, 0) is 4.79 Å². The maximum atomic E-state index is 14.5. The Kier molecular flexibility index (Phi) is 5.96. The van der Waals surface area contributed by atoms with E-state index in [1.54, 1.807) is 0 Å². The SMILES string of the molecule is CCC(=O)N1CCC2(CC1)CC(CN1CCC(CC(C)C)C(F)(F)C1)C2. The first-order valence-electron chi connectivity index (χ1n) is 10.6. The minimum atomic E-state index is -2.53. The third-order valence-corrected chi connectivity index (χ3v) is 7.02. The van der Waals surface area contributed by atoms with Gasteiger partial charge in [0.2, 0.25) is 5.91 Å². The third-order valence-electron chi connectivity index (χ3n) is 7.02. The molecule has 3 aliphatic rings. The van der Waals surface area contributed by atoms with Crippen LogP contribution in [0, 0.1) is 23.2 Å². The van der Waals surface area contributed by atoms with Crippen molar-refractivity contribution < 1.29 is 13.6 Å². The van der Waals surface area contributed by atoms with E-state index in [0.717, 1.165) is 39.0 Å². The van der Waals surface area contributed by atoms with Crippen molar-refractivity contribution in [1.29, 1.82) is 0 Å². The van der Waals surface area contributed by atoms with Crippen LogP contribution in [0.3, 0.4) is 0 Å². The highest BCUT2D eigenvalue weighted by atomic mass is 19.3. The van der Waals surface area contributed by atoms with Crippen molar-refractivity contribution in [2.75, 3.05) is 32.7 Å². The Morgan fingerprint density at radius 3 is 2.35 bits per heavy atom. The average molecular weight is 371 g/mol. The van der Waals surface area contributed by atoms with Crippen molar-refractivity contribution in [3.63, 3.8) is 0 Å². The lowest BCUT2D eigenvalue weighted by molar-refractivity contribution is -0.136. The molecule has 1 atom stereocenters. The molecule has 3 fully saturated rings. The molecule has 1 saturated carbocycles. The zero-order valence-corrected chi connectivity index (χ0v) is 16.8. The molecule has 1 amide bonds. The number of piperidine rings is 2. The maximum Gasteiger partial charge on any atom is 0.263 e. The predicted octanol–water partition coefficient (Wildman–Crippen LogP) is 4.42. The normalized spacial score (nSPS) is 29.2. The first kappa shape index (κ1) is 20.0. The Bertz CT molecular complexity index is 492. The largest absolute Gasteiger partial charge is 0.343 e. The number of halogens is 2. The van der Waals surface area contributed by atoms with Crippen LogP contribution in [0.2, 0.25) is 0 Å². The summed E-state index contributed by atoms with van der Waals surface area (Å²) >= 11 is 0. The van der Waals surface area contributed by atoms with E-state index in [9.17, 15) is 13.6 Å². The molecule has 150 valence electrons. The van der Waals surface area contributed by atoms with E-state index in [1.165, 1.54) is 12.8 Å². The van der Waals surface area contributed by atoms with Crippen LogP contribution in [0.25, 0.3) is 0 Å². The molecule has 3 nitrogen and oxygen atoms in total. The fourth-order valence-corrected chi connectivity index (χ4v) is 5.59. The fourth-order valence-electron chi connectivity index (χ4n) is 5.59. The number of carbonyl (C=O) groups is 1. The molecule has 1 spiro atoms. The summed E-state index contributed by atoms with van der Waals surface area (Å²) in [5.74, 6) is -1.79. The van der Waals surface area contributed by atoms with Gasteiger partial charge in [-0.15, -0.1) is 0 Å². The van der Waals surface area contributed by atoms with E-state index in [0.29, 0.717) is 36.5 Å². The van der Waals surface area contributed by atoms with Gasteiger partial charge >= 0.3 is 0 Å². The topological polar surface area (TPSA) is 23.6 Å². The Hall–Kier alpha value is -0.710. The van der Waals surface area contributed by atoms with Gasteiger partial charge in [0.1, 0.15) is 0 Å². The first-order chi connectivity index (χ1) is 12.2. The number of likely N-dealkylation sites (tertiary alicyclic amines) is 2. The fraction of sp³-hybridized carbons (Fsp3) is 0.952. The lowest BCUT2D eigenvalue weighted by atomic mass is 9.57. The Morgan fingerprint density at radius 1 is 1.15 bits per heavy atom. The van der Waals surface area contributed by atoms with E-state index in [1.807, 2.05) is 30.6 Å². The van der Waals surface area contributed by atoms with E-state index in [2.05, 4.69) is 0 Å². The number of rotatable bonds is 5. The lowest BCUT2D eigenvalue weighted by Gasteiger charge is -2.54. The summed E-state index contributed by atoms with van der Waals surface area (Å²) in [6, 6.07) is 0. The van der Waals surface area contributed by atoms with Gasteiger partial charge in [-0.05, 0) is 62.3 Å². The van der Waals surface area contributed by atoms with Gasteiger partial charge in [0.25, 0.3) is 5.92 Å². The molecule has 26 heavy (non-hydrogen) atoms. The molecule has 0 aromatic carbocycles. The van der Waals surface area contributed by atoms with Crippen LogP contribution in [0.1, 0.15) is 65.7 Å². The summed E-state index contributed by atoms with van der Waals surface area (Å²) in [5, 5.41) is 0. The first-order valence-corrected chi connectivity index (χ1v) is 10.6. The predicted molar refractivity (Wildman–Crippen MR) is 100 cm³/mol. The summed E-state index contributed by atoms with van der Waals surface area (Å²) in [7, 11) is 0. The Balaban J connectivity index is 1.42. The highest BCUT2D eigenvalue weighted by Gasteiger charge is 2.49. The molecular formula is C21H36F2N2O. The molecule has 2 aliphatic heterocycles.